The van der Waals surface area contributed by atoms with Gasteiger partial charge in [0.15, 0.2) is 0 Å². The van der Waals surface area contributed by atoms with Crippen LogP contribution in [0.4, 0.5) is 17.1 Å². The van der Waals surface area contributed by atoms with E-state index >= 15 is 0 Å². The molecule has 0 fully saturated rings. The number of aryl methyl sites for hydroxylation is 3. The van der Waals surface area contributed by atoms with Gasteiger partial charge in [0.25, 0.3) is 0 Å². The molecule has 0 unspecified atom stereocenters. The number of nitrogens with one attached hydrogen (secondary N) is 1. The first-order valence-corrected chi connectivity index (χ1v) is 5.19. The molecule has 0 radical (unpaired) electrons. The minimum absolute atomic E-state index is 0.768. The number of nitrogen functional groups attached to an aromatic ring is 1. The van der Waals surface area contributed by atoms with Crippen molar-refractivity contribution in [3.8, 4) is 0 Å². The van der Waals surface area contributed by atoms with Crippen LogP contribution in [0.15, 0.2) is 24.4 Å². The van der Waals surface area contributed by atoms with E-state index in [0.29, 0.717) is 0 Å². The van der Waals surface area contributed by atoms with E-state index in [9.17, 15) is 0 Å². The number of hydrogen-bond acceptors (Lipinski definition) is 3. The van der Waals surface area contributed by atoms with E-state index < -0.39 is 0 Å². The van der Waals surface area contributed by atoms with E-state index in [0.717, 1.165) is 28.3 Å². The van der Waals surface area contributed by atoms with Crippen LogP contribution in [-0.2, 0) is 7.05 Å². The van der Waals surface area contributed by atoms with Gasteiger partial charge in [-0.2, -0.15) is 5.10 Å². The van der Waals surface area contributed by atoms with Gasteiger partial charge in [0, 0.05) is 24.6 Å². The maximum absolute atomic E-state index is 5.80. The quantitative estimate of drug-likeness (QED) is 0.758. The summed E-state index contributed by atoms with van der Waals surface area (Å²) in [7, 11) is 1.91. The van der Waals surface area contributed by atoms with Gasteiger partial charge in [-0.05, 0) is 37.6 Å². The first-order chi connectivity index (χ1) is 7.54. The van der Waals surface area contributed by atoms with Gasteiger partial charge in [0.1, 0.15) is 0 Å². The summed E-state index contributed by atoms with van der Waals surface area (Å²) in [4.78, 5) is 0. The molecule has 16 heavy (non-hydrogen) atoms. The lowest BCUT2D eigenvalue weighted by Gasteiger charge is -2.07. The third kappa shape index (κ3) is 2.16. The summed E-state index contributed by atoms with van der Waals surface area (Å²) in [5.41, 5.74) is 10.7. The number of nitrogens with two attached hydrogens (primary N) is 1. The molecule has 4 nitrogen and oxygen atoms in total. The smallest absolute Gasteiger partial charge is 0.0828 e. The van der Waals surface area contributed by atoms with Crippen LogP contribution in [0.1, 0.15) is 11.3 Å². The Hall–Kier alpha value is -1.97. The topological polar surface area (TPSA) is 55.9 Å². The molecule has 0 aliphatic rings. The molecule has 1 heterocycles. The molecule has 0 spiro atoms. The predicted molar refractivity (Wildman–Crippen MR) is 66.8 cm³/mol. The van der Waals surface area contributed by atoms with E-state index in [1.165, 1.54) is 0 Å². The Morgan fingerprint density at radius 2 is 2.00 bits per heavy atom. The third-order valence-electron chi connectivity index (χ3n) is 2.39. The number of nitrogens with zero attached hydrogens (tertiary/aromatic N) is 2. The molecule has 0 saturated heterocycles. The average molecular weight is 216 g/mol. The molecule has 3 N–H and O–H groups in total. The van der Waals surface area contributed by atoms with Crippen molar-refractivity contribution in [1.82, 2.24) is 9.78 Å². The van der Waals surface area contributed by atoms with Gasteiger partial charge in [0.2, 0.25) is 0 Å². The highest BCUT2D eigenvalue weighted by Crippen LogP contribution is 2.22. The number of aromatic nitrogens is 2. The van der Waals surface area contributed by atoms with E-state index in [1.807, 2.05) is 39.2 Å². The van der Waals surface area contributed by atoms with Gasteiger partial charge < -0.3 is 11.1 Å². The van der Waals surface area contributed by atoms with Crippen molar-refractivity contribution >= 4 is 17.1 Å². The molecule has 0 aliphatic carbocycles. The van der Waals surface area contributed by atoms with Gasteiger partial charge in [-0.3, -0.25) is 4.68 Å². The van der Waals surface area contributed by atoms with Crippen LogP contribution < -0.4 is 11.1 Å². The van der Waals surface area contributed by atoms with Gasteiger partial charge in [-0.15, -0.1) is 0 Å². The maximum atomic E-state index is 5.80. The minimum atomic E-state index is 0.768. The second-order valence-corrected chi connectivity index (χ2v) is 4.06. The molecule has 0 atom stereocenters. The second-order valence-electron chi connectivity index (χ2n) is 4.06. The summed E-state index contributed by atoms with van der Waals surface area (Å²) >= 11 is 0. The molecule has 2 rings (SSSR count). The van der Waals surface area contributed by atoms with Crippen LogP contribution in [0.25, 0.3) is 0 Å². The van der Waals surface area contributed by atoms with Crippen molar-refractivity contribution in [1.29, 1.82) is 0 Å². The predicted octanol–water partition coefficient (Wildman–Crippen LogP) is 2.36. The first-order valence-electron chi connectivity index (χ1n) is 5.19. The fraction of sp³-hybridized carbons (Fsp3) is 0.250. The Labute approximate surface area is 95.1 Å². The molecule has 0 aliphatic heterocycles. The van der Waals surface area contributed by atoms with Gasteiger partial charge in [-0.1, -0.05) is 0 Å². The van der Waals surface area contributed by atoms with Crippen molar-refractivity contribution in [3.63, 3.8) is 0 Å². The monoisotopic (exact) mass is 216 g/mol. The summed E-state index contributed by atoms with van der Waals surface area (Å²) in [5.74, 6) is 0. The lowest BCUT2D eigenvalue weighted by atomic mass is 10.2. The van der Waals surface area contributed by atoms with Crippen LogP contribution >= 0.6 is 0 Å². The second kappa shape index (κ2) is 3.89. The minimum Gasteiger partial charge on any atom is -0.399 e. The van der Waals surface area contributed by atoms with E-state index in [-0.39, 0.29) is 0 Å². The van der Waals surface area contributed by atoms with Crippen LogP contribution in [0.5, 0.6) is 0 Å². The maximum Gasteiger partial charge on any atom is 0.0828 e. The molecule has 0 bridgehead atoms. The summed E-state index contributed by atoms with van der Waals surface area (Å²) in [6.45, 7) is 4.00. The highest BCUT2D eigenvalue weighted by atomic mass is 15.3. The zero-order valence-electron chi connectivity index (χ0n) is 9.78. The molecular weight excluding hydrogens is 200 g/mol. The molecule has 1 aromatic heterocycles. The lowest BCUT2D eigenvalue weighted by molar-refractivity contribution is 0.756. The van der Waals surface area contributed by atoms with Gasteiger partial charge in [0.05, 0.1) is 11.4 Å². The zero-order chi connectivity index (χ0) is 11.7. The standard InChI is InChI=1S/C12H16N4/c1-8-4-10(13)6-11(5-8)14-12-7-16(3)15-9(12)2/h4-7,14H,13H2,1-3H3. The fourth-order valence-corrected chi connectivity index (χ4v) is 1.76. The van der Waals surface area contributed by atoms with Crippen molar-refractivity contribution in [2.24, 2.45) is 7.05 Å². The van der Waals surface area contributed by atoms with E-state index in [4.69, 9.17) is 5.73 Å². The Kier molecular flexibility index (Phi) is 2.56. The van der Waals surface area contributed by atoms with Crippen LogP contribution in [0, 0.1) is 13.8 Å². The van der Waals surface area contributed by atoms with Crippen LogP contribution in [0.2, 0.25) is 0 Å². The first kappa shape index (κ1) is 10.5. The third-order valence-corrected chi connectivity index (χ3v) is 2.39. The Morgan fingerprint density at radius 1 is 1.25 bits per heavy atom. The molecular formula is C12H16N4. The van der Waals surface area contributed by atoms with Crippen LogP contribution in [-0.4, -0.2) is 9.78 Å². The number of hydrogen-bond donors (Lipinski definition) is 2. The molecule has 0 saturated carbocycles. The highest BCUT2D eigenvalue weighted by Gasteiger charge is 2.03. The fourth-order valence-electron chi connectivity index (χ4n) is 1.76. The van der Waals surface area contributed by atoms with E-state index in [2.05, 4.69) is 16.5 Å². The van der Waals surface area contributed by atoms with Crippen molar-refractivity contribution < 1.29 is 0 Å². The van der Waals surface area contributed by atoms with Gasteiger partial charge in [-0.25, -0.2) is 0 Å². The van der Waals surface area contributed by atoms with E-state index in [1.54, 1.807) is 4.68 Å². The van der Waals surface area contributed by atoms with Gasteiger partial charge >= 0.3 is 0 Å². The molecule has 84 valence electrons. The Morgan fingerprint density at radius 3 is 2.56 bits per heavy atom. The molecule has 0 amide bonds. The number of benzene rings is 1. The van der Waals surface area contributed by atoms with Crippen LogP contribution in [0.3, 0.4) is 0 Å². The largest absolute Gasteiger partial charge is 0.399 e. The summed E-state index contributed by atoms with van der Waals surface area (Å²) in [6, 6.07) is 5.92. The van der Waals surface area contributed by atoms with Crippen molar-refractivity contribution in [2.75, 3.05) is 11.1 Å². The highest BCUT2D eigenvalue weighted by molar-refractivity contribution is 5.65. The molecule has 4 heteroatoms. The zero-order valence-corrected chi connectivity index (χ0v) is 9.78. The van der Waals surface area contributed by atoms with Crippen molar-refractivity contribution in [3.05, 3.63) is 35.7 Å². The summed E-state index contributed by atoms with van der Waals surface area (Å²) < 4.78 is 1.79. The molecule has 1 aromatic carbocycles. The Bertz CT molecular complexity index is 493. The number of rotatable bonds is 2. The summed E-state index contributed by atoms with van der Waals surface area (Å²) in [5, 5.41) is 7.59. The SMILES string of the molecule is Cc1cc(N)cc(Nc2cn(C)nc2C)c1. The summed E-state index contributed by atoms with van der Waals surface area (Å²) in [6.07, 6.45) is 1.95. The Balaban J connectivity index is 2.30. The average Bonchev–Trinajstić information content (AvgIpc) is 2.43. The number of anilines is 3. The normalized spacial score (nSPS) is 10.4. The molecule has 2 aromatic rings. The lowest BCUT2D eigenvalue weighted by Crippen LogP contribution is -1.94. The van der Waals surface area contributed by atoms with Crippen molar-refractivity contribution in [2.45, 2.75) is 13.8 Å².